The summed E-state index contributed by atoms with van der Waals surface area (Å²) < 4.78 is 4.93. The van der Waals surface area contributed by atoms with Crippen molar-refractivity contribution >= 4 is 5.97 Å². The first-order valence-electron chi connectivity index (χ1n) is 6.54. The van der Waals surface area contributed by atoms with Crippen molar-refractivity contribution in [2.24, 2.45) is 0 Å². The van der Waals surface area contributed by atoms with Crippen molar-refractivity contribution in [1.29, 1.82) is 0 Å². The average Bonchev–Trinajstić information content (AvgIpc) is 3.20. The van der Waals surface area contributed by atoms with Crippen LogP contribution in [-0.2, 0) is 16.0 Å². The van der Waals surface area contributed by atoms with E-state index in [0.717, 1.165) is 25.7 Å². The zero-order valence-electron chi connectivity index (χ0n) is 11.1. The summed E-state index contributed by atoms with van der Waals surface area (Å²) in [5, 5.41) is 3.41. The van der Waals surface area contributed by atoms with Crippen molar-refractivity contribution in [3.05, 3.63) is 35.9 Å². The molecule has 0 radical (unpaired) electrons. The summed E-state index contributed by atoms with van der Waals surface area (Å²) in [5.74, 6) is -0.162. The maximum atomic E-state index is 11.9. The fourth-order valence-electron chi connectivity index (χ4n) is 2.18. The van der Waals surface area contributed by atoms with Gasteiger partial charge < -0.3 is 4.74 Å². The Kier molecular flexibility index (Phi) is 4.02. The van der Waals surface area contributed by atoms with E-state index >= 15 is 0 Å². The van der Waals surface area contributed by atoms with Crippen LogP contribution in [0.5, 0.6) is 0 Å². The van der Waals surface area contributed by atoms with E-state index in [0.29, 0.717) is 6.04 Å². The quantitative estimate of drug-likeness (QED) is 0.784. The predicted octanol–water partition coefficient (Wildman–Crippen LogP) is 2.30. The Morgan fingerprint density at radius 1 is 1.39 bits per heavy atom. The number of aryl methyl sites for hydroxylation is 1. The minimum atomic E-state index is -0.564. The van der Waals surface area contributed by atoms with Crippen molar-refractivity contribution in [2.45, 2.75) is 44.2 Å². The molecule has 0 aliphatic heterocycles. The van der Waals surface area contributed by atoms with Crippen LogP contribution in [0.1, 0.15) is 31.7 Å². The molecule has 1 aliphatic carbocycles. The van der Waals surface area contributed by atoms with Crippen molar-refractivity contribution in [2.75, 3.05) is 7.11 Å². The maximum absolute atomic E-state index is 11.9. The fourth-order valence-corrected chi connectivity index (χ4v) is 2.18. The Balaban J connectivity index is 1.98. The molecule has 18 heavy (non-hydrogen) atoms. The van der Waals surface area contributed by atoms with Gasteiger partial charge in [-0.15, -0.1) is 0 Å². The highest BCUT2D eigenvalue weighted by Gasteiger charge is 2.38. The first-order chi connectivity index (χ1) is 8.64. The van der Waals surface area contributed by atoms with Gasteiger partial charge in [-0.2, -0.15) is 0 Å². The number of carbonyl (C=O) groups excluding carboxylic acids is 1. The third-order valence-corrected chi connectivity index (χ3v) is 3.49. The zero-order valence-corrected chi connectivity index (χ0v) is 11.1. The first kappa shape index (κ1) is 13.1. The molecular formula is C15H21NO2. The number of benzene rings is 1. The SMILES string of the molecule is COC(=O)C(C)(CCc1ccccc1)NC1CC1. The highest BCUT2D eigenvalue weighted by atomic mass is 16.5. The first-order valence-corrected chi connectivity index (χ1v) is 6.54. The van der Waals surface area contributed by atoms with E-state index in [-0.39, 0.29) is 5.97 Å². The molecule has 1 saturated carbocycles. The summed E-state index contributed by atoms with van der Waals surface area (Å²) in [6.45, 7) is 1.94. The Labute approximate surface area is 109 Å². The number of rotatable bonds is 6. The second kappa shape index (κ2) is 5.53. The molecule has 1 unspecified atom stereocenters. The van der Waals surface area contributed by atoms with E-state index in [2.05, 4.69) is 17.4 Å². The lowest BCUT2D eigenvalue weighted by molar-refractivity contribution is -0.148. The number of methoxy groups -OCH3 is 1. The van der Waals surface area contributed by atoms with Gasteiger partial charge in [-0.25, -0.2) is 0 Å². The second-order valence-corrected chi connectivity index (χ2v) is 5.23. The number of carbonyl (C=O) groups is 1. The van der Waals surface area contributed by atoms with Gasteiger partial charge in [0.25, 0.3) is 0 Å². The lowest BCUT2D eigenvalue weighted by Gasteiger charge is -2.28. The molecule has 98 valence electrons. The molecule has 1 atom stereocenters. The van der Waals surface area contributed by atoms with E-state index in [1.165, 1.54) is 12.7 Å². The highest BCUT2D eigenvalue weighted by molar-refractivity contribution is 5.80. The summed E-state index contributed by atoms with van der Waals surface area (Å²) in [4.78, 5) is 11.9. The molecule has 1 fully saturated rings. The Hall–Kier alpha value is -1.35. The van der Waals surface area contributed by atoms with Crippen LogP contribution in [0.15, 0.2) is 30.3 Å². The van der Waals surface area contributed by atoms with Crippen LogP contribution in [0.3, 0.4) is 0 Å². The molecule has 3 nitrogen and oxygen atoms in total. The minimum absolute atomic E-state index is 0.162. The number of hydrogen-bond acceptors (Lipinski definition) is 3. The van der Waals surface area contributed by atoms with Crippen LogP contribution in [-0.4, -0.2) is 24.7 Å². The molecule has 0 aromatic heterocycles. The predicted molar refractivity (Wildman–Crippen MR) is 71.3 cm³/mol. The van der Waals surface area contributed by atoms with Gasteiger partial charge in [-0.3, -0.25) is 10.1 Å². The number of esters is 1. The van der Waals surface area contributed by atoms with Gasteiger partial charge in [0.2, 0.25) is 0 Å². The van der Waals surface area contributed by atoms with Gasteiger partial charge in [-0.1, -0.05) is 30.3 Å². The van der Waals surface area contributed by atoms with E-state index in [9.17, 15) is 4.79 Å². The smallest absolute Gasteiger partial charge is 0.325 e. The molecular weight excluding hydrogens is 226 g/mol. The second-order valence-electron chi connectivity index (χ2n) is 5.23. The molecule has 1 aromatic rings. The van der Waals surface area contributed by atoms with Crippen LogP contribution in [0.25, 0.3) is 0 Å². The van der Waals surface area contributed by atoms with Crippen LogP contribution < -0.4 is 5.32 Å². The van der Waals surface area contributed by atoms with Crippen molar-refractivity contribution < 1.29 is 9.53 Å². The zero-order chi connectivity index (χ0) is 13.0. The maximum Gasteiger partial charge on any atom is 0.325 e. The summed E-state index contributed by atoms with van der Waals surface area (Å²) in [5.41, 5.74) is 0.691. The summed E-state index contributed by atoms with van der Waals surface area (Å²) in [6.07, 6.45) is 3.97. The molecule has 0 saturated heterocycles. The normalized spacial score (nSPS) is 18.1. The van der Waals surface area contributed by atoms with Crippen molar-refractivity contribution in [1.82, 2.24) is 5.32 Å². The molecule has 1 N–H and O–H groups in total. The standard InChI is InChI=1S/C15H21NO2/c1-15(14(17)18-2,16-13-8-9-13)11-10-12-6-4-3-5-7-12/h3-7,13,16H,8-11H2,1-2H3. The van der Waals surface area contributed by atoms with Gasteiger partial charge in [0, 0.05) is 6.04 Å². The average molecular weight is 247 g/mol. The lowest BCUT2D eigenvalue weighted by atomic mass is 9.93. The highest BCUT2D eigenvalue weighted by Crippen LogP contribution is 2.25. The Morgan fingerprint density at radius 3 is 2.61 bits per heavy atom. The van der Waals surface area contributed by atoms with Gasteiger partial charge in [0.15, 0.2) is 0 Å². The third kappa shape index (κ3) is 3.33. The molecule has 0 heterocycles. The number of hydrogen-bond donors (Lipinski definition) is 1. The molecule has 1 aliphatic rings. The third-order valence-electron chi connectivity index (χ3n) is 3.49. The molecule has 0 spiro atoms. The topological polar surface area (TPSA) is 38.3 Å². The van der Waals surface area contributed by atoms with Crippen LogP contribution in [0.2, 0.25) is 0 Å². The molecule has 2 rings (SSSR count). The lowest BCUT2D eigenvalue weighted by Crippen LogP contribution is -2.51. The Bertz CT molecular complexity index is 400. The van der Waals surface area contributed by atoms with Gasteiger partial charge in [0.05, 0.1) is 7.11 Å². The monoisotopic (exact) mass is 247 g/mol. The van der Waals surface area contributed by atoms with Crippen LogP contribution in [0.4, 0.5) is 0 Å². The summed E-state index contributed by atoms with van der Waals surface area (Å²) in [6, 6.07) is 10.7. The van der Waals surface area contributed by atoms with Gasteiger partial charge in [0.1, 0.15) is 5.54 Å². The van der Waals surface area contributed by atoms with E-state index in [4.69, 9.17) is 4.74 Å². The van der Waals surface area contributed by atoms with Crippen LogP contribution in [0, 0.1) is 0 Å². The van der Waals surface area contributed by atoms with Gasteiger partial charge in [-0.05, 0) is 38.2 Å². The van der Waals surface area contributed by atoms with Gasteiger partial charge >= 0.3 is 5.97 Å². The fraction of sp³-hybridized carbons (Fsp3) is 0.533. The molecule has 0 amide bonds. The molecule has 1 aromatic carbocycles. The van der Waals surface area contributed by atoms with Crippen molar-refractivity contribution in [3.8, 4) is 0 Å². The van der Waals surface area contributed by atoms with Crippen molar-refractivity contribution in [3.63, 3.8) is 0 Å². The number of ether oxygens (including phenoxy) is 1. The Morgan fingerprint density at radius 2 is 2.06 bits per heavy atom. The van der Waals surface area contributed by atoms with E-state index in [1.807, 2.05) is 25.1 Å². The largest absolute Gasteiger partial charge is 0.468 e. The summed E-state index contributed by atoms with van der Waals surface area (Å²) >= 11 is 0. The molecule has 0 bridgehead atoms. The van der Waals surface area contributed by atoms with Crippen LogP contribution >= 0.6 is 0 Å². The minimum Gasteiger partial charge on any atom is -0.468 e. The number of nitrogens with one attached hydrogen (secondary N) is 1. The van der Waals surface area contributed by atoms with E-state index in [1.54, 1.807) is 0 Å². The van der Waals surface area contributed by atoms with E-state index < -0.39 is 5.54 Å². The summed E-state index contributed by atoms with van der Waals surface area (Å²) in [7, 11) is 1.46. The molecule has 3 heteroatoms.